The summed E-state index contributed by atoms with van der Waals surface area (Å²) >= 11 is 0. The molecule has 0 fully saturated rings. The van der Waals surface area contributed by atoms with Crippen LogP contribution in [0.5, 0.6) is 5.75 Å². The van der Waals surface area contributed by atoms with Crippen LogP contribution in [0.25, 0.3) is 0 Å². The van der Waals surface area contributed by atoms with Gasteiger partial charge >= 0.3 is 0 Å². The highest BCUT2D eigenvalue weighted by atomic mass is 16.5. The quantitative estimate of drug-likeness (QED) is 0.776. The van der Waals surface area contributed by atoms with Crippen molar-refractivity contribution in [3.63, 3.8) is 0 Å². The molecule has 2 aliphatic heterocycles. The summed E-state index contributed by atoms with van der Waals surface area (Å²) < 4.78 is 5.32. The van der Waals surface area contributed by atoms with E-state index in [1.165, 1.54) is 29.2 Å². The Balaban J connectivity index is 2.15. The number of nitrogens with zero attached hydrogens (tertiary/aromatic N) is 2. The van der Waals surface area contributed by atoms with Crippen LogP contribution in [0.2, 0.25) is 0 Å². The van der Waals surface area contributed by atoms with Crippen LogP contribution >= 0.6 is 0 Å². The zero-order chi connectivity index (χ0) is 12.0. The molecule has 0 aromatic heterocycles. The molecule has 3 nitrogen and oxygen atoms in total. The van der Waals surface area contributed by atoms with Gasteiger partial charge < -0.3 is 14.5 Å². The second-order valence-electron chi connectivity index (χ2n) is 4.60. The Morgan fingerprint density at radius 2 is 2.12 bits per heavy atom. The highest BCUT2D eigenvalue weighted by Crippen LogP contribution is 2.47. The number of hydrogen-bond acceptors (Lipinski definition) is 3. The Kier molecular flexibility index (Phi) is 2.28. The van der Waals surface area contributed by atoms with Gasteiger partial charge in [0.25, 0.3) is 0 Å². The molecular formula is C14H18N2O. The summed E-state index contributed by atoms with van der Waals surface area (Å²) in [5.74, 6) is 2.32. The topological polar surface area (TPSA) is 15.7 Å². The molecule has 0 amide bonds. The normalized spacial score (nSPS) is 17.6. The second-order valence-corrected chi connectivity index (χ2v) is 4.60. The molecule has 2 aliphatic rings. The van der Waals surface area contributed by atoms with Gasteiger partial charge in [-0.1, -0.05) is 0 Å². The lowest BCUT2D eigenvalue weighted by Crippen LogP contribution is -2.25. The van der Waals surface area contributed by atoms with Gasteiger partial charge in [0.15, 0.2) is 0 Å². The first-order chi connectivity index (χ1) is 8.26. The Morgan fingerprint density at radius 1 is 1.29 bits per heavy atom. The van der Waals surface area contributed by atoms with E-state index in [-0.39, 0.29) is 0 Å². The summed E-state index contributed by atoms with van der Waals surface area (Å²) in [4.78, 5) is 4.81. The van der Waals surface area contributed by atoms with Crippen molar-refractivity contribution in [2.24, 2.45) is 0 Å². The molecule has 0 N–H and O–H groups in total. The van der Waals surface area contributed by atoms with E-state index in [0.29, 0.717) is 0 Å². The molecule has 0 saturated carbocycles. The number of rotatable bonds is 2. The number of anilines is 2. The van der Waals surface area contributed by atoms with Crippen LogP contribution in [0.4, 0.5) is 11.4 Å². The highest BCUT2D eigenvalue weighted by Gasteiger charge is 2.35. The van der Waals surface area contributed by atoms with E-state index in [0.717, 1.165) is 18.8 Å². The van der Waals surface area contributed by atoms with Crippen molar-refractivity contribution in [3.8, 4) is 5.75 Å². The third-order valence-corrected chi connectivity index (χ3v) is 3.68. The average molecular weight is 230 g/mol. The smallest absolute Gasteiger partial charge is 0.121 e. The molecule has 0 aliphatic carbocycles. The van der Waals surface area contributed by atoms with E-state index < -0.39 is 0 Å². The fourth-order valence-corrected chi connectivity index (χ4v) is 2.85. The molecule has 0 bridgehead atoms. The first kappa shape index (κ1) is 10.5. The van der Waals surface area contributed by atoms with E-state index in [9.17, 15) is 0 Å². The fraction of sp³-hybridized carbons (Fsp3) is 0.429. The summed E-state index contributed by atoms with van der Waals surface area (Å²) in [6.45, 7) is 6.55. The number of hydrogen-bond donors (Lipinski definition) is 0. The minimum absolute atomic E-state index is 0.932. The van der Waals surface area contributed by atoms with Gasteiger partial charge in [-0.05, 0) is 38.0 Å². The minimum Gasteiger partial charge on any atom is -0.497 e. The van der Waals surface area contributed by atoms with Gasteiger partial charge in [0, 0.05) is 19.2 Å². The van der Waals surface area contributed by atoms with Gasteiger partial charge in [-0.2, -0.15) is 0 Å². The zero-order valence-corrected chi connectivity index (χ0v) is 10.7. The van der Waals surface area contributed by atoms with Crippen molar-refractivity contribution < 1.29 is 4.74 Å². The van der Waals surface area contributed by atoms with Crippen LogP contribution in [0, 0.1) is 0 Å². The van der Waals surface area contributed by atoms with Crippen molar-refractivity contribution >= 4 is 11.4 Å². The molecule has 1 aromatic rings. The Hall–Kier alpha value is -1.64. The van der Waals surface area contributed by atoms with Gasteiger partial charge in [0.2, 0.25) is 0 Å². The molecule has 0 unspecified atom stereocenters. The largest absolute Gasteiger partial charge is 0.497 e. The van der Waals surface area contributed by atoms with E-state index in [1.807, 2.05) is 6.07 Å². The Labute approximate surface area is 102 Å². The van der Waals surface area contributed by atoms with Crippen molar-refractivity contribution in [1.29, 1.82) is 0 Å². The van der Waals surface area contributed by atoms with Crippen LogP contribution < -0.4 is 14.5 Å². The molecule has 0 spiro atoms. The van der Waals surface area contributed by atoms with Gasteiger partial charge in [-0.3, -0.25) is 0 Å². The SMILES string of the molecule is CCN1C2=C(C)CCN2c2ccc(OC)cc21. The summed E-state index contributed by atoms with van der Waals surface area (Å²) in [7, 11) is 1.72. The molecule has 17 heavy (non-hydrogen) atoms. The third kappa shape index (κ3) is 1.35. The molecule has 3 rings (SSSR count). The van der Waals surface area contributed by atoms with Gasteiger partial charge in [0.05, 0.1) is 18.5 Å². The molecular weight excluding hydrogens is 212 g/mol. The van der Waals surface area contributed by atoms with Crippen LogP contribution in [0.3, 0.4) is 0 Å². The number of methoxy groups -OCH3 is 1. The van der Waals surface area contributed by atoms with E-state index in [4.69, 9.17) is 4.74 Å². The van der Waals surface area contributed by atoms with Gasteiger partial charge in [-0.15, -0.1) is 0 Å². The highest BCUT2D eigenvalue weighted by molar-refractivity contribution is 5.85. The van der Waals surface area contributed by atoms with E-state index in [2.05, 4.69) is 35.8 Å². The van der Waals surface area contributed by atoms with Crippen molar-refractivity contribution in [3.05, 3.63) is 29.6 Å². The monoisotopic (exact) mass is 230 g/mol. The lowest BCUT2D eigenvalue weighted by Gasteiger charge is -2.20. The Bertz CT molecular complexity index is 493. The maximum atomic E-state index is 5.32. The predicted octanol–water partition coefficient (Wildman–Crippen LogP) is 2.98. The zero-order valence-electron chi connectivity index (χ0n) is 10.7. The molecule has 0 atom stereocenters. The number of fused-ring (bicyclic) bond motifs is 3. The van der Waals surface area contributed by atoms with Crippen LogP contribution in [-0.2, 0) is 0 Å². The standard InChI is InChI=1S/C14H18N2O/c1-4-15-13-9-11(17-3)5-6-12(13)16-8-7-10(2)14(15)16/h5-6,9H,4,7-8H2,1-3H3. The predicted molar refractivity (Wildman–Crippen MR) is 70.7 cm³/mol. The minimum atomic E-state index is 0.932. The third-order valence-electron chi connectivity index (χ3n) is 3.68. The van der Waals surface area contributed by atoms with Gasteiger partial charge in [-0.25, -0.2) is 0 Å². The molecule has 1 aromatic carbocycles. The summed E-state index contributed by atoms with van der Waals surface area (Å²) in [5.41, 5.74) is 4.09. The molecule has 90 valence electrons. The van der Waals surface area contributed by atoms with Crippen LogP contribution in [-0.4, -0.2) is 20.2 Å². The number of ether oxygens (including phenoxy) is 1. The summed E-state index contributed by atoms with van der Waals surface area (Å²) in [6, 6.07) is 6.35. The Morgan fingerprint density at radius 3 is 2.82 bits per heavy atom. The van der Waals surface area contributed by atoms with Crippen molar-refractivity contribution in [1.82, 2.24) is 0 Å². The molecule has 2 heterocycles. The van der Waals surface area contributed by atoms with Crippen molar-refractivity contribution in [2.45, 2.75) is 20.3 Å². The molecule has 0 saturated heterocycles. The lowest BCUT2D eigenvalue weighted by molar-refractivity contribution is 0.415. The van der Waals surface area contributed by atoms with Crippen molar-refractivity contribution in [2.75, 3.05) is 30.0 Å². The summed E-state index contributed by atoms with van der Waals surface area (Å²) in [5, 5.41) is 0. The van der Waals surface area contributed by atoms with Gasteiger partial charge in [0.1, 0.15) is 11.6 Å². The lowest BCUT2D eigenvalue weighted by atomic mass is 10.2. The first-order valence-electron chi connectivity index (χ1n) is 6.19. The second kappa shape index (κ2) is 3.69. The maximum absolute atomic E-state index is 5.32. The number of benzene rings is 1. The first-order valence-corrected chi connectivity index (χ1v) is 6.19. The van der Waals surface area contributed by atoms with E-state index >= 15 is 0 Å². The maximum Gasteiger partial charge on any atom is 0.121 e. The van der Waals surface area contributed by atoms with E-state index in [1.54, 1.807) is 7.11 Å². The van der Waals surface area contributed by atoms with Crippen LogP contribution in [0.15, 0.2) is 29.6 Å². The fourth-order valence-electron chi connectivity index (χ4n) is 2.85. The average Bonchev–Trinajstić information content (AvgIpc) is 2.87. The molecule has 3 heteroatoms. The summed E-state index contributed by atoms with van der Waals surface area (Å²) in [6.07, 6.45) is 1.18. The van der Waals surface area contributed by atoms with Crippen LogP contribution in [0.1, 0.15) is 20.3 Å². The molecule has 0 radical (unpaired) electrons.